The molecule has 0 amide bonds. The number of hydrogen-bond acceptors (Lipinski definition) is 3. The summed E-state index contributed by atoms with van der Waals surface area (Å²) in [4.78, 5) is 0. The fraction of sp³-hybridized carbons (Fsp3) is 0.600. The van der Waals surface area contributed by atoms with Crippen molar-refractivity contribution in [2.24, 2.45) is 0 Å². The number of phenols is 1. The molecule has 0 aliphatic carbocycles. The molecular formula is C15H25NO2. The monoisotopic (exact) mass is 251 g/mol. The van der Waals surface area contributed by atoms with Crippen molar-refractivity contribution in [3.63, 3.8) is 0 Å². The number of aliphatic hydroxyl groups is 1. The highest BCUT2D eigenvalue weighted by Gasteiger charge is 2.24. The molecule has 1 rings (SSSR count). The van der Waals surface area contributed by atoms with E-state index in [0.29, 0.717) is 11.8 Å². The van der Waals surface area contributed by atoms with E-state index < -0.39 is 0 Å². The first-order chi connectivity index (χ1) is 8.49. The fourth-order valence-corrected chi connectivity index (χ4v) is 1.98. The molecule has 3 heteroatoms. The lowest BCUT2D eigenvalue weighted by Crippen LogP contribution is -2.50. The van der Waals surface area contributed by atoms with Gasteiger partial charge in [-0.15, -0.1) is 0 Å². The lowest BCUT2D eigenvalue weighted by molar-refractivity contribution is 0.154. The highest BCUT2D eigenvalue weighted by molar-refractivity contribution is 5.26. The number of aliphatic hydroxyl groups excluding tert-OH is 1. The van der Waals surface area contributed by atoms with Crippen LogP contribution in [0.3, 0.4) is 0 Å². The Kier molecular flexibility index (Phi) is 5.63. The van der Waals surface area contributed by atoms with Gasteiger partial charge in [0.15, 0.2) is 0 Å². The molecule has 1 aromatic carbocycles. The van der Waals surface area contributed by atoms with Gasteiger partial charge in [0.05, 0.1) is 6.61 Å². The topological polar surface area (TPSA) is 52.5 Å². The molecule has 0 aliphatic heterocycles. The molecule has 0 saturated heterocycles. The Balaban J connectivity index is 2.55. The molecule has 2 atom stereocenters. The van der Waals surface area contributed by atoms with Crippen LogP contribution in [0.15, 0.2) is 24.3 Å². The molecule has 0 saturated carbocycles. The summed E-state index contributed by atoms with van der Waals surface area (Å²) in [6.07, 6.45) is 2.81. The van der Waals surface area contributed by atoms with Gasteiger partial charge in [-0.2, -0.15) is 0 Å². The quantitative estimate of drug-likeness (QED) is 0.698. The van der Waals surface area contributed by atoms with Gasteiger partial charge in [0.25, 0.3) is 0 Å². The van der Waals surface area contributed by atoms with Crippen molar-refractivity contribution in [3.8, 4) is 5.75 Å². The summed E-state index contributed by atoms with van der Waals surface area (Å²) in [5.74, 6) is 0.293. The van der Waals surface area contributed by atoms with Crippen LogP contribution in [0.5, 0.6) is 5.75 Å². The van der Waals surface area contributed by atoms with Crippen LogP contribution < -0.4 is 5.32 Å². The first-order valence-electron chi connectivity index (χ1n) is 6.65. The van der Waals surface area contributed by atoms with E-state index in [1.807, 2.05) is 12.1 Å². The lowest BCUT2D eigenvalue weighted by Gasteiger charge is -2.32. The van der Waals surface area contributed by atoms with Crippen LogP contribution in [0.2, 0.25) is 0 Å². The maximum absolute atomic E-state index is 9.55. The second kappa shape index (κ2) is 6.76. The van der Waals surface area contributed by atoms with Gasteiger partial charge in [0.2, 0.25) is 0 Å². The van der Waals surface area contributed by atoms with Crippen molar-refractivity contribution in [1.82, 2.24) is 5.32 Å². The normalized spacial score (nSPS) is 16.2. The summed E-state index contributed by atoms with van der Waals surface area (Å²) < 4.78 is 0. The van der Waals surface area contributed by atoms with Crippen LogP contribution >= 0.6 is 0 Å². The molecule has 0 heterocycles. The summed E-state index contributed by atoms with van der Waals surface area (Å²) in [5.41, 5.74) is 0.936. The zero-order chi connectivity index (χ0) is 13.6. The third-order valence-electron chi connectivity index (χ3n) is 3.46. The summed E-state index contributed by atoms with van der Waals surface area (Å²) in [6.45, 7) is 6.46. The van der Waals surface area contributed by atoms with E-state index in [2.05, 4.69) is 26.1 Å². The van der Waals surface area contributed by atoms with Gasteiger partial charge in [0.1, 0.15) is 5.75 Å². The molecule has 3 N–H and O–H groups in total. The molecule has 18 heavy (non-hydrogen) atoms. The van der Waals surface area contributed by atoms with E-state index in [-0.39, 0.29) is 12.1 Å². The largest absolute Gasteiger partial charge is 0.508 e. The Morgan fingerprint density at radius 1 is 1.28 bits per heavy atom. The smallest absolute Gasteiger partial charge is 0.115 e. The van der Waals surface area contributed by atoms with Gasteiger partial charge in [-0.1, -0.05) is 19.1 Å². The van der Waals surface area contributed by atoms with Crippen LogP contribution in [0.4, 0.5) is 0 Å². The number of phenolic OH excluding ortho intramolecular Hbond substituents is 1. The Bertz CT molecular complexity index is 350. The summed E-state index contributed by atoms with van der Waals surface area (Å²) in [6, 6.07) is 7.66. The molecular weight excluding hydrogens is 226 g/mol. The first-order valence-corrected chi connectivity index (χ1v) is 6.65. The van der Waals surface area contributed by atoms with Crippen molar-refractivity contribution in [3.05, 3.63) is 29.8 Å². The van der Waals surface area contributed by atoms with E-state index >= 15 is 0 Å². The van der Waals surface area contributed by atoms with Crippen LogP contribution in [0.1, 0.15) is 39.2 Å². The molecule has 3 nitrogen and oxygen atoms in total. The van der Waals surface area contributed by atoms with Crippen molar-refractivity contribution in [2.45, 2.75) is 51.6 Å². The molecule has 0 fully saturated rings. The predicted molar refractivity (Wildman–Crippen MR) is 74.8 cm³/mol. The molecule has 0 aromatic heterocycles. The average molecular weight is 251 g/mol. The van der Waals surface area contributed by atoms with Crippen LogP contribution in [0, 0.1) is 0 Å². The zero-order valence-corrected chi connectivity index (χ0v) is 11.6. The number of aromatic hydroxyl groups is 1. The predicted octanol–water partition coefficient (Wildman–Crippen LogP) is 2.46. The minimum Gasteiger partial charge on any atom is -0.508 e. The first kappa shape index (κ1) is 15.0. The van der Waals surface area contributed by atoms with Crippen molar-refractivity contribution < 1.29 is 10.2 Å². The standard InChI is InChI=1S/C15H25NO2/c1-4-12(2)16-15(3,11-17)10-9-13-5-7-14(18)8-6-13/h5-8,12,16-18H,4,9-11H2,1-3H3. The second-order valence-electron chi connectivity index (χ2n) is 5.34. The van der Waals surface area contributed by atoms with Crippen molar-refractivity contribution >= 4 is 0 Å². The van der Waals surface area contributed by atoms with Gasteiger partial charge in [-0.05, 0) is 50.8 Å². The van der Waals surface area contributed by atoms with Gasteiger partial charge < -0.3 is 15.5 Å². The third-order valence-corrected chi connectivity index (χ3v) is 3.46. The average Bonchev–Trinajstić information content (AvgIpc) is 2.38. The summed E-state index contributed by atoms with van der Waals surface area (Å²) in [7, 11) is 0. The van der Waals surface area contributed by atoms with Gasteiger partial charge in [-0.25, -0.2) is 0 Å². The number of rotatable bonds is 7. The van der Waals surface area contributed by atoms with E-state index in [1.165, 1.54) is 5.56 Å². The highest BCUT2D eigenvalue weighted by Crippen LogP contribution is 2.17. The maximum atomic E-state index is 9.55. The van der Waals surface area contributed by atoms with Gasteiger partial charge >= 0.3 is 0 Å². The third kappa shape index (κ3) is 4.67. The molecule has 0 radical (unpaired) electrons. The van der Waals surface area contributed by atoms with Gasteiger partial charge in [-0.3, -0.25) is 0 Å². The van der Waals surface area contributed by atoms with Crippen LogP contribution in [0.25, 0.3) is 0 Å². The lowest BCUT2D eigenvalue weighted by atomic mass is 9.93. The van der Waals surface area contributed by atoms with E-state index in [9.17, 15) is 10.2 Å². The Morgan fingerprint density at radius 3 is 2.39 bits per heavy atom. The minimum absolute atomic E-state index is 0.134. The Hall–Kier alpha value is -1.06. The summed E-state index contributed by atoms with van der Waals surface area (Å²) in [5, 5.41) is 22.3. The van der Waals surface area contributed by atoms with E-state index in [4.69, 9.17) is 0 Å². The number of benzene rings is 1. The van der Waals surface area contributed by atoms with Crippen LogP contribution in [-0.4, -0.2) is 28.4 Å². The number of hydrogen-bond donors (Lipinski definition) is 3. The molecule has 102 valence electrons. The summed E-state index contributed by atoms with van der Waals surface area (Å²) >= 11 is 0. The molecule has 1 aromatic rings. The number of aryl methyl sites for hydroxylation is 1. The highest BCUT2D eigenvalue weighted by atomic mass is 16.3. The van der Waals surface area contributed by atoms with Crippen molar-refractivity contribution in [2.75, 3.05) is 6.61 Å². The van der Waals surface area contributed by atoms with Gasteiger partial charge in [0, 0.05) is 11.6 Å². The molecule has 0 aliphatic rings. The SMILES string of the molecule is CCC(C)NC(C)(CO)CCc1ccc(O)cc1. The fourth-order valence-electron chi connectivity index (χ4n) is 1.98. The molecule has 0 bridgehead atoms. The van der Waals surface area contributed by atoms with Crippen molar-refractivity contribution in [1.29, 1.82) is 0 Å². The zero-order valence-electron chi connectivity index (χ0n) is 11.6. The Morgan fingerprint density at radius 2 is 1.89 bits per heavy atom. The van der Waals surface area contributed by atoms with E-state index in [1.54, 1.807) is 12.1 Å². The van der Waals surface area contributed by atoms with E-state index in [0.717, 1.165) is 19.3 Å². The molecule has 2 unspecified atom stereocenters. The maximum Gasteiger partial charge on any atom is 0.115 e. The van der Waals surface area contributed by atoms with Crippen LogP contribution in [-0.2, 0) is 6.42 Å². The Labute approximate surface area is 110 Å². The second-order valence-corrected chi connectivity index (χ2v) is 5.34. The minimum atomic E-state index is -0.243. The number of nitrogens with one attached hydrogen (secondary N) is 1. The molecule has 0 spiro atoms.